The van der Waals surface area contributed by atoms with Crippen molar-refractivity contribution in [2.75, 3.05) is 5.32 Å². The highest BCUT2D eigenvalue weighted by atomic mass is 35.5. The van der Waals surface area contributed by atoms with E-state index in [1.54, 1.807) is 12.1 Å². The van der Waals surface area contributed by atoms with Gasteiger partial charge in [0.15, 0.2) is 5.16 Å². The van der Waals surface area contributed by atoms with Crippen LogP contribution in [0.1, 0.15) is 12.5 Å². The molecule has 3 aromatic rings. The first kappa shape index (κ1) is 15.9. The molecular weight excluding hydrogens is 330 g/mol. The van der Waals surface area contributed by atoms with Crippen molar-refractivity contribution in [1.82, 2.24) is 9.97 Å². The van der Waals surface area contributed by atoms with Gasteiger partial charge in [-0.05, 0) is 43.7 Å². The molecule has 0 spiro atoms. The Hall–Kier alpha value is -1.98. The van der Waals surface area contributed by atoms with Gasteiger partial charge in [-0.25, -0.2) is 4.98 Å². The number of benzene rings is 2. The number of carbonyl (C=O) groups excluding carboxylic acids is 1. The van der Waals surface area contributed by atoms with Crippen LogP contribution in [0.4, 0.5) is 5.69 Å². The maximum atomic E-state index is 12.4. The molecule has 1 atom stereocenters. The van der Waals surface area contributed by atoms with Gasteiger partial charge >= 0.3 is 0 Å². The largest absolute Gasteiger partial charge is 0.333 e. The highest BCUT2D eigenvalue weighted by molar-refractivity contribution is 8.00. The zero-order valence-corrected chi connectivity index (χ0v) is 14.3. The minimum atomic E-state index is -0.283. The third kappa shape index (κ3) is 3.68. The molecule has 0 aliphatic rings. The Balaban J connectivity index is 1.71. The molecule has 23 heavy (non-hydrogen) atoms. The lowest BCUT2D eigenvalue weighted by atomic mass is 10.2. The van der Waals surface area contributed by atoms with E-state index in [0.717, 1.165) is 27.4 Å². The number of fused-ring (bicyclic) bond motifs is 1. The number of anilines is 1. The molecule has 2 N–H and O–H groups in total. The van der Waals surface area contributed by atoms with Crippen molar-refractivity contribution in [1.29, 1.82) is 0 Å². The molecule has 0 aliphatic heterocycles. The Labute approximate surface area is 143 Å². The quantitative estimate of drug-likeness (QED) is 0.677. The van der Waals surface area contributed by atoms with Crippen LogP contribution in [0.3, 0.4) is 0 Å². The van der Waals surface area contributed by atoms with Crippen LogP contribution in [0.2, 0.25) is 5.02 Å². The van der Waals surface area contributed by atoms with Gasteiger partial charge in [0, 0.05) is 10.7 Å². The molecular formula is C17H16ClN3OS. The molecule has 118 valence electrons. The molecule has 4 nitrogen and oxygen atoms in total. The second-order valence-corrected chi connectivity index (χ2v) is 7.03. The average Bonchev–Trinajstić information content (AvgIpc) is 2.93. The number of rotatable bonds is 4. The summed E-state index contributed by atoms with van der Waals surface area (Å²) >= 11 is 7.38. The van der Waals surface area contributed by atoms with Gasteiger partial charge in [-0.15, -0.1) is 0 Å². The van der Waals surface area contributed by atoms with Gasteiger partial charge in [-0.2, -0.15) is 0 Å². The van der Waals surface area contributed by atoms with Crippen LogP contribution >= 0.6 is 23.4 Å². The lowest BCUT2D eigenvalue weighted by molar-refractivity contribution is -0.115. The summed E-state index contributed by atoms with van der Waals surface area (Å²) in [6, 6.07) is 13.2. The van der Waals surface area contributed by atoms with Crippen LogP contribution in [0.15, 0.2) is 47.6 Å². The molecule has 1 aromatic heterocycles. The van der Waals surface area contributed by atoms with Crippen molar-refractivity contribution < 1.29 is 4.79 Å². The first-order chi connectivity index (χ1) is 11.0. The molecule has 0 saturated carbocycles. The number of H-pyrrole nitrogens is 1. The topological polar surface area (TPSA) is 57.8 Å². The highest BCUT2D eigenvalue weighted by Gasteiger charge is 2.17. The van der Waals surface area contributed by atoms with Crippen LogP contribution < -0.4 is 5.32 Å². The van der Waals surface area contributed by atoms with Gasteiger partial charge in [0.2, 0.25) is 5.91 Å². The Morgan fingerprint density at radius 2 is 2.09 bits per heavy atom. The Bertz CT molecular complexity index is 829. The predicted molar refractivity (Wildman–Crippen MR) is 96.2 cm³/mol. The number of para-hydroxylation sites is 2. The maximum absolute atomic E-state index is 12.4. The summed E-state index contributed by atoms with van der Waals surface area (Å²) in [5.74, 6) is -0.0826. The number of aryl methyl sites for hydroxylation is 1. The number of imidazole rings is 1. The smallest absolute Gasteiger partial charge is 0.237 e. The Morgan fingerprint density at radius 3 is 2.87 bits per heavy atom. The molecule has 1 heterocycles. The molecule has 0 aliphatic carbocycles. The fourth-order valence-electron chi connectivity index (χ4n) is 2.17. The number of aromatic nitrogens is 2. The summed E-state index contributed by atoms with van der Waals surface area (Å²) in [5.41, 5.74) is 3.57. The van der Waals surface area contributed by atoms with Gasteiger partial charge in [-0.1, -0.05) is 41.6 Å². The number of nitrogens with one attached hydrogen (secondary N) is 2. The third-order valence-electron chi connectivity index (χ3n) is 3.48. The number of hydrogen-bond acceptors (Lipinski definition) is 3. The third-order valence-corrected chi connectivity index (χ3v) is 4.70. The fourth-order valence-corrected chi connectivity index (χ4v) is 3.16. The predicted octanol–water partition coefficient (Wildman–Crippen LogP) is 4.64. The van der Waals surface area contributed by atoms with Gasteiger partial charge in [0.1, 0.15) is 0 Å². The summed E-state index contributed by atoms with van der Waals surface area (Å²) in [6.45, 7) is 3.79. The number of nitrogens with zero attached hydrogens (tertiary/aromatic N) is 1. The van der Waals surface area contributed by atoms with E-state index in [1.165, 1.54) is 11.8 Å². The molecule has 3 rings (SSSR count). The monoisotopic (exact) mass is 345 g/mol. The molecule has 1 unspecified atom stereocenters. The van der Waals surface area contributed by atoms with E-state index in [-0.39, 0.29) is 11.2 Å². The highest BCUT2D eigenvalue weighted by Crippen LogP contribution is 2.25. The normalized spacial score (nSPS) is 12.3. The summed E-state index contributed by atoms with van der Waals surface area (Å²) in [7, 11) is 0. The van der Waals surface area contributed by atoms with Gasteiger partial charge in [-0.3, -0.25) is 4.79 Å². The summed E-state index contributed by atoms with van der Waals surface area (Å²) in [6.07, 6.45) is 0. The fraction of sp³-hybridized carbons (Fsp3) is 0.176. The van der Waals surface area contributed by atoms with E-state index in [0.29, 0.717) is 5.02 Å². The molecule has 1 amide bonds. The summed E-state index contributed by atoms with van der Waals surface area (Å²) in [4.78, 5) is 20.1. The standard InChI is InChI=1S/C17H16ClN3OS/c1-10-7-8-12(18)9-15(10)19-16(22)11(2)23-17-20-13-5-3-4-6-14(13)21-17/h3-9,11H,1-2H3,(H,19,22)(H,20,21). The van der Waals surface area contributed by atoms with Crippen LogP contribution in [0, 0.1) is 6.92 Å². The molecule has 2 aromatic carbocycles. The number of thioether (sulfide) groups is 1. The van der Waals surface area contributed by atoms with E-state index in [1.807, 2.05) is 44.2 Å². The number of hydrogen-bond donors (Lipinski definition) is 2. The Kier molecular flexibility index (Phi) is 4.59. The van der Waals surface area contributed by atoms with Gasteiger partial charge in [0.05, 0.1) is 16.3 Å². The average molecular weight is 346 g/mol. The molecule has 0 bridgehead atoms. The van der Waals surface area contributed by atoms with E-state index in [2.05, 4.69) is 15.3 Å². The van der Waals surface area contributed by atoms with Crippen molar-refractivity contribution in [3.05, 3.63) is 53.1 Å². The second kappa shape index (κ2) is 6.64. The molecule has 0 saturated heterocycles. The summed E-state index contributed by atoms with van der Waals surface area (Å²) in [5, 5.41) is 3.97. The van der Waals surface area contributed by atoms with Crippen LogP contribution in [0.5, 0.6) is 0 Å². The second-order valence-electron chi connectivity index (χ2n) is 5.27. The van der Waals surface area contributed by atoms with Crippen molar-refractivity contribution >= 4 is 46.0 Å². The van der Waals surface area contributed by atoms with E-state index in [4.69, 9.17) is 11.6 Å². The maximum Gasteiger partial charge on any atom is 0.237 e. The zero-order valence-electron chi connectivity index (χ0n) is 12.8. The minimum absolute atomic E-state index is 0.0826. The van der Waals surface area contributed by atoms with Crippen molar-refractivity contribution in [2.45, 2.75) is 24.3 Å². The minimum Gasteiger partial charge on any atom is -0.333 e. The molecule has 6 heteroatoms. The number of carbonyl (C=O) groups is 1. The number of halogens is 1. The van der Waals surface area contributed by atoms with E-state index >= 15 is 0 Å². The van der Waals surface area contributed by atoms with Crippen molar-refractivity contribution in [3.63, 3.8) is 0 Å². The Morgan fingerprint density at radius 1 is 1.30 bits per heavy atom. The van der Waals surface area contributed by atoms with Gasteiger partial charge < -0.3 is 10.3 Å². The van der Waals surface area contributed by atoms with Crippen molar-refractivity contribution in [2.24, 2.45) is 0 Å². The first-order valence-corrected chi connectivity index (χ1v) is 8.47. The summed E-state index contributed by atoms with van der Waals surface area (Å²) < 4.78 is 0. The van der Waals surface area contributed by atoms with E-state index < -0.39 is 0 Å². The van der Waals surface area contributed by atoms with Crippen molar-refractivity contribution in [3.8, 4) is 0 Å². The lowest BCUT2D eigenvalue weighted by Crippen LogP contribution is -2.23. The molecule has 0 radical (unpaired) electrons. The SMILES string of the molecule is Cc1ccc(Cl)cc1NC(=O)C(C)Sc1nc2ccccc2[nH]1. The van der Waals surface area contributed by atoms with Crippen LogP contribution in [0.25, 0.3) is 11.0 Å². The first-order valence-electron chi connectivity index (χ1n) is 7.21. The van der Waals surface area contributed by atoms with E-state index in [9.17, 15) is 4.79 Å². The molecule has 0 fully saturated rings. The lowest BCUT2D eigenvalue weighted by Gasteiger charge is -2.12. The zero-order chi connectivity index (χ0) is 16.4. The van der Waals surface area contributed by atoms with Gasteiger partial charge in [0.25, 0.3) is 0 Å². The number of amides is 1. The van der Waals surface area contributed by atoms with Crippen LogP contribution in [-0.4, -0.2) is 21.1 Å². The van der Waals surface area contributed by atoms with Crippen LogP contribution in [-0.2, 0) is 4.79 Å². The number of aromatic amines is 1.